The molecule has 1 N–H and O–H groups in total. The maximum atomic E-state index is 12.1. The topological polar surface area (TPSA) is 64.0 Å². The van der Waals surface area contributed by atoms with Crippen LogP contribution in [0.3, 0.4) is 0 Å². The van der Waals surface area contributed by atoms with Gasteiger partial charge in [-0.25, -0.2) is 4.98 Å². The predicted octanol–water partition coefficient (Wildman–Crippen LogP) is 2.00. The lowest BCUT2D eigenvalue weighted by Crippen LogP contribution is -2.33. The SMILES string of the molecule is CC[C@H](C)NC(=O)CSc1nc2ccsc2c(=O)n1C. The fourth-order valence-electron chi connectivity index (χ4n) is 1.65. The van der Waals surface area contributed by atoms with Crippen LogP contribution >= 0.6 is 23.1 Å². The number of fused-ring (bicyclic) bond motifs is 1. The third-order valence-corrected chi connectivity index (χ3v) is 4.92. The summed E-state index contributed by atoms with van der Waals surface area (Å²) in [6.07, 6.45) is 0.897. The minimum Gasteiger partial charge on any atom is -0.353 e. The maximum absolute atomic E-state index is 12.1. The molecule has 0 bridgehead atoms. The van der Waals surface area contributed by atoms with Gasteiger partial charge in [-0.3, -0.25) is 14.2 Å². The first kappa shape index (κ1) is 15.1. The molecule has 0 spiro atoms. The minimum absolute atomic E-state index is 0.0379. The van der Waals surface area contributed by atoms with Crippen LogP contribution in [0, 0.1) is 0 Å². The summed E-state index contributed by atoms with van der Waals surface area (Å²) in [6, 6.07) is 1.99. The van der Waals surface area contributed by atoms with Gasteiger partial charge in [0.1, 0.15) is 4.70 Å². The molecule has 108 valence electrons. The van der Waals surface area contributed by atoms with Crippen LogP contribution in [0.25, 0.3) is 10.2 Å². The molecule has 2 heterocycles. The number of hydrogen-bond acceptors (Lipinski definition) is 5. The molecule has 7 heteroatoms. The normalized spacial score (nSPS) is 12.6. The Labute approximate surface area is 125 Å². The van der Waals surface area contributed by atoms with E-state index >= 15 is 0 Å². The smallest absolute Gasteiger partial charge is 0.271 e. The summed E-state index contributed by atoms with van der Waals surface area (Å²) in [7, 11) is 1.68. The van der Waals surface area contributed by atoms with E-state index in [0.717, 1.165) is 6.42 Å². The number of hydrogen-bond donors (Lipinski definition) is 1. The first-order valence-electron chi connectivity index (χ1n) is 6.39. The van der Waals surface area contributed by atoms with E-state index in [0.29, 0.717) is 15.4 Å². The molecule has 1 atom stereocenters. The molecular weight excluding hydrogens is 294 g/mol. The molecule has 0 radical (unpaired) electrons. The monoisotopic (exact) mass is 311 g/mol. The zero-order valence-electron chi connectivity index (χ0n) is 11.7. The van der Waals surface area contributed by atoms with Crippen LogP contribution in [0.2, 0.25) is 0 Å². The van der Waals surface area contributed by atoms with Crippen molar-refractivity contribution in [2.24, 2.45) is 7.05 Å². The maximum Gasteiger partial charge on any atom is 0.271 e. The number of carbonyl (C=O) groups excluding carboxylic acids is 1. The van der Waals surface area contributed by atoms with Crippen LogP contribution < -0.4 is 10.9 Å². The fraction of sp³-hybridized carbons (Fsp3) is 0.462. The Morgan fingerprint density at radius 2 is 2.35 bits per heavy atom. The van der Waals surface area contributed by atoms with Gasteiger partial charge in [-0.05, 0) is 24.8 Å². The highest BCUT2D eigenvalue weighted by molar-refractivity contribution is 7.99. The van der Waals surface area contributed by atoms with Gasteiger partial charge in [-0.2, -0.15) is 0 Å². The summed E-state index contributed by atoms with van der Waals surface area (Å²) in [4.78, 5) is 28.3. The number of rotatable bonds is 5. The van der Waals surface area contributed by atoms with Crippen molar-refractivity contribution in [2.75, 3.05) is 5.75 Å². The Kier molecular flexibility index (Phi) is 4.82. The van der Waals surface area contributed by atoms with E-state index in [9.17, 15) is 9.59 Å². The number of thioether (sulfide) groups is 1. The van der Waals surface area contributed by atoms with Gasteiger partial charge in [0, 0.05) is 13.1 Å². The predicted molar refractivity (Wildman–Crippen MR) is 83.5 cm³/mol. The second kappa shape index (κ2) is 6.41. The number of nitrogens with one attached hydrogen (secondary N) is 1. The van der Waals surface area contributed by atoms with E-state index in [1.807, 2.05) is 25.3 Å². The number of nitrogens with zero attached hydrogens (tertiary/aromatic N) is 2. The van der Waals surface area contributed by atoms with E-state index in [1.165, 1.54) is 27.7 Å². The quantitative estimate of drug-likeness (QED) is 0.677. The lowest BCUT2D eigenvalue weighted by molar-refractivity contribution is -0.119. The Balaban J connectivity index is 2.12. The van der Waals surface area contributed by atoms with Crippen molar-refractivity contribution in [3.05, 3.63) is 21.8 Å². The number of amides is 1. The highest BCUT2D eigenvalue weighted by atomic mass is 32.2. The van der Waals surface area contributed by atoms with E-state index in [-0.39, 0.29) is 23.3 Å². The summed E-state index contributed by atoms with van der Waals surface area (Å²) in [5.41, 5.74) is 0.637. The zero-order chi connectivity index (χ0) is 14.7. The average molecular weight is 311 g/mol. The van der Waals surface area contributed by atoms with Crippen molar-refractivity contribution < 1.29 is 4.79 Å². The minimum atomic E-state index is -0.0603. The van der Waals surface area contributed by atoms with E-state index < -0.39 is 0 Å². The number of aromatic nitrogens is 2. The molecule has 0 aliphatic carbocycles. The standard InChI is InChI=1S/C13H17N3O2S2/c1-4-8(2)14-10(17)7-20-13-15-9-5-6-19-11(9)12(18)16(13)3/h5-6,8H,4,7H2,1-3H3,(H,14,17)/t8-/m0/s1. The largest absolute Gasteiger partial charge is 0.353 e. The molecule has 0 saturated heterocycles. The van der Waals surface area contributed by atoms with Gasteiger partial charge in [-0.1, -0.05) is 18.7 Å². The van der Waals surface area contributed by atoms with Gasteiger partial charge < -0.3 is 5.32 Å². The number of carbonyl (C=O) groups is 1. The molecule has 0 aromatic carbocycles. The van der Waals surface area contributed by atoms with Crippen LogP contribution in [-0.2, 0) is 11.8 Å². The summed E-state index contributed by atoms with van der Waals surface area (Å²) in [5, 5.41) is 5.31. The van der Waals surface area contributed by atoms with Gasteiger partial charge in [0.15, 0.2) is 5.16 Å². The lowest BCUT2D eigenvalue weighted by atomic mass is 10.3. The highest BCUT2D eigenvalue weighted by Crippen LogP contribution is 2.19. The van der Waals surface area contributed by atoms with Gasteiger partial charge in [-0.15, -0.1) is 11.3 Å². The molecule has 0 fully saturated rings. The van der Waals surface area contributed by atoms with Crippen molar-refractivity contribution in [3.63, 3.8) is 0 Å². The third kappa shape index (κ3) is 3.21. The summed E-state index contributed by atoms with van der Waals surface area (Å²) >= 11 is 2.67. The van der Waals surface area contributed by atoms with Gasteiger partial charge in [0.2, 0.25) is 5.91 Å². The fourth-order valence-corrected chi connectivity index (χ4v) is 3.23. The molecule has 2 aromatic rings. The second-order valence-corrected chi connectivity index (χ2v) is 6.42. The Hall–Kier alpha value is -1.34. The molecule has 0 aliphatic rings. The van der Waals surface area contributed by atoms with Crippen LogP contribution in [0.1, 0.15) is 20.3 Å². The summed E-state index contributed by atoms with van der Waals surface area (Å²) in [5.74, 6) is 0.226. The molecule has 0 saturated carbocycles. The molecule has 5 nitrogen and oxygen atoms in total. The lowest BCUT2D eigenvalue weighted by Gasteiger charge is -2.11. The van der Waals surface area contributed by atoms with Gasteiger partial charge >= 0.3 is 0 Å². The molecule has 1 amide bonds. The van der Waals surface area contributed by atoms with Crippen molar-refractivity contribution in [1.82, 2.24) is 14.9 Å². The Morgan fingerprint density at radius 1 is 1.60 bits per heavy atom. The highest BCUT2D eigenvalue weighted by Gasteiger charge is 2.12. The van der Waals surface area contributed by atoms with Crippen molar-refractivity contribution in [2.45, 2.75) is 31.5 Å². The van der Waals surface area contributed by atoms with Gasteiger partial charge in [0.25, 0.3) is 5.56 Å². The van der Waals surface area contributed by atoms with Crippen LogP contribution in [-0.4, -0.2) is 27.3 Å². The molecule has 20 heavy (non-hydrogen) atoms. The third-order valence-electron chi connectivity index (χ3n) is 3.00. The molecule has 0 unspecified atom stereocenters. The summed E-state index contributed by atoms with van der Waals surface area (Å²) in [6.45, 7) is 3.99. The molecule has 2 rings (SSSR count). The second-order valence-electron chi connectivity index (χ2n) is 4.56. The van der Waals surface area contributed by atoms with Crippen molar-refractivity contribution in [1.29, 1.82) is 0 Å². The molecular formula is C13H17N3O2S2. The van der Waals surface area contributed by atoms with Crippen LogP contribution in [0.15, 0.2) is 21.4 Å². The van der Waals surface area contributed by atoms with Crippen molar-refractivity contribution in [3.8, 4) is 0 Å². The van der Waals surface area contributed by atoms with E-state index in [2.05, 4.69) is 10.3 Å². The van der Waals surface area contributed by atoms with E-state index in [1.54, 1.807) is 7.05 Å². The average Bonchev–Trinajstić information content (AvgIpc) is 2.89. The first-order valence-corrected chi connectivity index (χ1v) is 8.25. The molecule has 0 aliphatic heterocycles. The first-order chi connectivity index (χ1) is 9.52. The van der Waals surface area contributed by atoms with Gasteiger partial charge in [0.05, 0.1) is 11.3 Å². The Morgan fingerprint density at radius 3 is 3.05 bits per heavy atom. The van der Waals surface area contributed by atoms with E-state index in [4.69, 9.17) is 0 Å². The van der Waals surface area contributed by atoms with Crippen LogP contribution in [0.5, 0.6) is 0 Å². The Bertz CT molecular complexity index is 678. The number of thiophene rings is 1. The molecule has 2 aromatic heterocycles. The van der Waals surface area contributed by atoms with Crippen LogP contribution in [0.4, 0.5) is 0 Å². The summed E-state index contributed by atoms with van der Waals surface area (Å²) < 4.78 is 2.15. The zero-order valence-corrected chi connectivity index (χ0v) is 13.3. The van der Waals surface area contributed by atoms with Crippen molar-refractivity contribution >= 4 is 39.2 Å².